The first kappa shape index (κ1) is 16.2. The van der Waals surface area contributed by atoms with Crippen molar-refractivity contribution in [3.8, 4) is 5.75 Å². The molecule has 0 radical (unpaired) electrons. The molecule has 9 heteroatoms. The number of amides is 2. The quantitative estimate of drug-likeness (QED) is 0.543. The standard InChI is InChI=1S/C16H14N4O5/c1-24-15-7-6-10(20(22)23)8-12(15)18-16(21)17-9-13-11-4-2-3-5-14(11)25-19-13/h2-8H,9H2,1H3,(H2,17,18,21). The SMILES string of the molecule is COc1ccc([N+](=O)[O-])cc1NC(=O)NCc1noc2ccccc12. The number of carbonyl (C=O) groups excluding carboxylic acids is 1. The maximum Gasteiger partial charge on any atom is 0.319 e. The Balaban J connectivity index is 1.70. The summed E-state index contributed by atoms with van der Waals surface area (Å²) in [6.07, 6.45) is 0. The number of para-hydroxylation sites is 1. The molecule has 2 aromatic carbocycles. The van der Waals surface area contributed by atoms with Gasteiger partial charge in [0.05, 0.1) is 24.3 Å². The van der Waals surface area contributed by atoms with Gasteiger partial charge in [-0.05, 0) is 18.2 Å². The van der Waals surface area contributed by atoms with E-state index < -0.39 is 11.0 Å². The highest BCUT2D eigenvalue weighted by molar-refractivity contribution is 5.91. The second kappa shape index (κ2) is 6.87. The van der Waals surface area contributed by atoms with Crippen molar-refractivity contribution in [2.75, 3.05) is 12.4 Å². The number of hydrogen-bond acceptors (Lipinski definition) is 6. The Morgan fingerprint density at radius 1 is 1.32 bits per heavy atom. The Morgan fingerprint density at radius 3 is 2.88 bits per heavy atom. The molecule has 128 valence electrons. The van der Waals surface area contributed by atoms with E-state index in [9.17, 15) is 14.9 Å². The number of anilines is 1. The molecule has 25 heavy (non-hydrogen) atoms. The molecule has 0 unspecified atom stereocenters. The van der Waals surface area contributed by atoms with Crippen LogP contribution >= 0.6 is 0 Å². The van der Waals surface area contributed by atoms with E-state index in [2.05, 4.69) is 15.8 Å². The number of hydrogen-bond donors (Lipinski definition) is 2. The Labute approximate surface area is 141 Å². The number of nitro groups is 1. The molecule has 0 fully saturated rings. The van der Waals surface area contributed by atoms with E-state index >= 15 is 0 Å². The zero-order chi connectivity index (χ0) is 17.8. The lowest BCUT2D eigenvalue weighted by Crippen LogP contribution is -2.28. The van der Waals surface area contributed by atoms with Crippen LogP contribution in [0.25, 0.3) is 11.0 Å². The molecule has 0 spiro atoms. The third-order valence-electron chi connectivity index (χ3n) is 3.51. The first-order valence-corrected chi connectivity index (χ1v) is 7.29. The third kappa shape index (κ3) is 3.50. The van der Waals surface area contributed by atoms with Gasteiger partial charge in [0, 0.05) is 17.5 Å². The molecular formula is C16H14N4O5. The summed E-state index contributed by atoms with van der Waals surface area (Å²) in [5, 5.41) is 20.7. The van der Waals surface area contributed by atoms with Crippen molar-refractivity contribution >= 4 is 28.4 Å². The smallest absolute Gasteiger partial charge is 0.319 e. The van der Waals surface area contributed by atoms with Gasteiger partial charge < -0.3 is 19.9 Å². The predicted molar refractivity (Wildman–Crippen MR) is 89.5 cm³/mol. The average molecular weight is 342 g/mol. The van der Waals surface area contributed by atoms with Crippen LogP contribution in [0.4, 0.5) is 16.2 Å². The fraction of sp³-hybridized carbons (Fsp3) is 0.125. The molecule has 0 saturated heterocycles. The molecular weight excluding hydrogens is 328 g/mol. The highest BCUT2D eigenvalue weighted by Gasteiger charge is 2.14. The predicted octanol–water partition coefficient (Wildman–Crippen LogP) is 3.07. The summed E-state index contributed by atoms with van der Waals surface area (Å²) in [4.78, 5) is 22.4. The Hall–Kier alpha value is -3.62. The summed E-state index contributed by atoms with van der Waals surface area (Å²) in [5.41, 5.74) is 1.25. The van der Waals surface area contributed by atoms with Crippen molar-refractivity contribution in [3.63, 3.8) is 0 Å². The second-order valence-corrected chi connectivity index (χ2v) is 5.07. The lowest BCUT2D eigenvalue weighted by atomic mass is 10.2. The van der Waals surface area contributed by atoms with E-state index in [1.54, 1.807) is 6.07 Å². The van der Waals surface area contributed by atoms with E-state index in [1.807, 2.05) is 18.2 Å². The molecule has 0 aliphatic carbocycles. The van der Waals surface area contributed by atoms with Crippen molar-refractivity contribution in [2.45, 2.75) is 6.54 Å². The molecule has 0 aliphatic heterocycles. The van der Waals surface area contributed by atoms with Crippen LogP contribution in [0.15, 0.2) is 47.0 Å². The van der Waals surface area contributed by atoms with E-state index in [4.69, 9.17) is 9.26 Å². The van der Waals surface area contributed by atoms with Crippen LogP contribution < -0.4 is 15.4 Å². The van der Waals surface area contributed by atoms with Crippen LogP contribution in [-0.2, 0) is 6.54 Å². The van der Waals surface area contributed by atoms with Crippen LogP contribution in [0.5, 0.6) is 5.75 Å². The van der Waals surface area contributed by atoms with Crippen LogP contribution in [0.3, 0.4) is 0 Å². The monoisotopic (exact) mass is 342 g/mol. The van der Waals surface area contributed by atoms with E-state index in [-0.39, 0.29) is 17.9 Å². The van der Waals surface area contributed by atoms with Gasteiger partial charge in [0.25, 0.3) is 5.69 Å². The summed E-state index contributed by atoms with van der Waals surface area (Å²) >= 11 is 0. The number of carbonyl (C=O) groups is 1. The molecule has 2 N–H and O–H groups in total. The molecule has 3 rings (SSSR count). The van der Waals surface area contributed by atoms with E-state index in [0.29, 0.717) is 17.0 Å². The molecule has 0 aliphatic rings. The maximum atomic E-state index is 12.1. The number of nitrogens with one attached hydrogen (secondary N) is 2. The zero-order valence-electron chi connectivity index (χ0n) is 13.2. The van der Waals surface area contributed by atoms with Crippen LogP contribution in [0, 0.1) is 10.1 Å². The Morgan fingerprint density at radius 2 is 2.12 bits per heavy atom. The van der Waals surface area contributed by atoms with Gasteiger partial charge in [-0.2, -0.15) is 0 Å². The number of non-ortho nitro benzene ring substituents is 1. The lowest BCUT2D eigenvalue weighted by Gasteiger charge is -2.10. The maximum absolute atomic E-state index is 12.1. The average Bonchev–Trinajstić information content (AvgIpc) is 3.03. The summed E-state index contributed by atoms with van der Waals surface area (Å²) < 4.78 is 10.3. The van der Waals surface area contributed by atoms with Crippen LogP contribution in [-0.4, -0.2) is 23.2 Å². The Bertz CT molecular complexity index is 937. The molecule has 1 heterocycles. The van der Waals surface area contributed by atoms with Gasteiger partial charge in [-0.15, -0.1) is 0 Å². The highest BCUT2D eigenvalue weighted by atomic mass is 16.6. The lowest BCUT2D eigenvalue weighted by molar-refractivity contribution is -0.384. The largest absolute Gasteiger partial charge is 0.495 e. The minimum absolute atomic E-state index is 0.139. The van der Waals surface area contributed by atoms with Crippen molar-refractivity contribution in [1.29, 1.82) is 0 Å². The minimum atomic E-state index is -0.552. The molecule has 0 atom stereocenters. The van der Waals surface area contributed by atoms with E-state index in [0.717, 1.165) is 5.39 Å². The van der Waals surface area contributed by atoms with Gasteiger partial charge in [0.15, 0.2) is 5.58 Å². The molecule has 1 aromatic heterocycles. The molecule has 2 amide bonds. The number of rotatable bonds is 5. The van der Waals surface area contributed by atoms with Gasteiger partial charge in [-0.25, -0.2) is 4.79 Å². The number of aromatic nitrogens is 1. The van der Waals surface area contributed by atoms with Crippen molar-refractivity contribution < 1.29 is 19.0 Å². The summed E-state index contributed by atoms with van der Waals surface area (Å²) in [7, 11) is 1.41. The molecule has 9 nitrogen and oxygen atoms in total. The first-order chi connectivity index (χ1) is 12.1. The van der Waals surface area contributed by atoms with Gasteiger partial charge in [0.1, 0.15) is 11.4 Å². The number of fused-ring (bicyclic) bond motifs is 1. The van der Waals surface area contributed by atoms with Crippen LogP contribution in [0.2, 0.25) is 0 Å². The highest BCUT2D eigenvalue weighted by Crippen LogP contribution is 2.28. The summed E-state index contributed by atoms with van der Waals surface area (Å²) in [5.74, 6) is 0.313. The normalized spacial score (nSPS) is 10.4. The number of benzene rings is 2. The fourth-order valence-corrected chi connectivity index (χ4v) is 2.30. The third-order valence-corrected chi connectivity index (χ3v) is 3.51. The summed E-state index contributed by atoms with van der Waals surface area (Å²) in [6, 6.07) is 10.7. The number of ether oxygens (including phenoxy) is 1. The van der Waals surface area contributed by atoms with Gasteiger partial charge in [-0.3, -0.25) is 10.1 Å². The second-order valence-electron chi connectivity index (χ2n) is 5.07. The fourth-order valence-electron chi connectivity index (χ4n) is 2.30. The number of nitro benzene ring substituents is 1. The van der Waals surface area contributed by atoms with Gasteiger partial charge in [-0.1, -0.05) is 17.3 Å². The Kier molecular flexibility index (Phi) is 4.46. The first-order valence-electron chi connectivity index (χ1n) is 7.29. The number of urea groups is 1. The molecule has 3 aromatic rings. The van der Waals surface area contributed by atoms with E-state index in [1.165, 1.54) is 25.3 Å². The zero-order valence-corrected chi connectivity index (χ0v) is 13.2. The van der Waals surface area contributed by atoms with Crippen LogP contribution in [0.1, 0.15) is 5.69 Å². The van der Waals surface area contributed by atoms with Crippen molar-refractivity contribution in [2.24, 2.45) is 0 Å². The topological polar surface area (TPSA) is 120 Å². The summed E-state index contributed by atoms with van der Waals surface area (Å²) in [6.45, 7) is 0.139. The van der Waals surface area contributed by atoms with Crippen molar-refractivity contribution in [1.82, 2.24) is 10.5 Å². The molecule has 0 bridgehead atoms. The minimum Gasteiger partial charge on any atom is -0.495 e. The van der Waals surface area contributed by atoms with Gasteiger partial charge in [0.2, 0.25) is 0 Å². The van der Waals surface area contributed by atoms with Crippen molar-refractivity contribution in [3.05, 3.63) is 58.3 Å². The van der Waals surface area contributed by atoms with Gasteiger partial charge >= 0.3 is 6.03 Å². The molecule has 0 saturated carbocycles. The number of methoxy groups -OCH3 is 1. The number of nitrogens with zero attached hydrogens (tertiary/aromatic N) is 2.